The summed E-state index contributed by atoms with van der Waals surface area (Å²) in [5.41, 5.74) is -3.90. The highest BCUT2D eigenvalue weighted by Crippen LogP contribution is 2.43. The Labute approximate surface area is 339 Å². The highest BCUT2D eigenvalue weighted by Gasteiger charge is 2.35. The molecular formula is C30H18Cl5F3N6O13. The predicted molar refractivity (Wildman–Crippen MR) is 197 cm³/mol. The Bertz CT molecular complexity index is 2340. The number of rotatable bonds is 12. The third-order valence-electron chi connectivity index (χ3n) is 7.75. The molecule has 4 aromatic rings. The van der Waals surface area contributed by atoms with Crippen LogP contribution in [0.1, 0.15) is 33.4 Å². The summed E-state index contributed by atoms with van der Waals surface area (Å²) in [7, 11) is 0. The molecule has 0 heterocycles. The zero-order valence-corrected chi connectivity index (χ0v) is 31.9. The molecular weight excluding hydrogens is 887 g/mol. The molecule has 57 heavy (non-hydrogen) atoms. The molecule has 0 aliphatic rings. The lowest BCUT2D eigenvalue weighted by atomic mass is 9.96. The van der Waals surface area contributed by atoms with E-state index in [0.717, 1.165) is 37.3 Å². The summed E-state index contributed by atoms with van der Waals surface area (Å²) in [5, 5.41) is 66.0. The van der Waals surface area contributed by atoms with Gasteiger partial charge >= 0.3 is 11.9 Å². The zero-order valence-electron chi connectivity index (χ0n) is 28.1. The van der Waals surface area contributed by atoms with Gasteiger partial charge in [-0.1, -0.05) is 58.0 Å². The standard InChI is InChI=1S/C16H10Cl2F3N3O7.C14H8Cl3N3O6/c1-7-9(4-10-11(17)2-8(22(25)26)3-12(10)18)13(23(27)28)5-14(24(29)30)15(7)31-6-16(19,20)21;1-6-8(12(19(23)24)5-13(14(6)17)20(25)26)4-9-10(15)2-7(18(21)22)3-11(9)16/h2-3,5H,4,6H2,1H3;2-3,5H,4H2,1H3. The molecule has 27 heteroatoms. The zero-order chi connectivity index (χ0) is 43.4. The number of nitro benzene ring substituents is 6. The molecule has 0 aliphatic carbocycles. The molecule has 0 amide bonds. The number of benzene rings is 4. The van der Waals surface area contributed by atoms with Crippen LogP contribution in [0.2, 0.25) is 25.1 Å². The van der Waals surface area contributed by atoms with Gasteiger partial charge in [-0.25, -0.2) is 0 Å². The van der Waals surface area contributed by atoms with Gasteiger partial charge < -0.3 is 4.74 Å². The van der Waals surface area contributed by atoms with Gasteiger partial charge in [-0.05, 0) is 30.5 Å². The first-order valence-electron chi connectivity index (χ1n) is 14.8. The van der Waals surface area contributed by atoms with Gasteiger partial charge in [0.15, 0.2) is 6.61 Å². The van der Waals surface area contributed by atoms with Crippen molar-refractivity contribution < 1.29 is 47.4 Å². The molecule has 4 aromatic carbocycles. The summed E-state index contributed by atoms with van der Waals surface area (Å²) >= 11 is 30.0. The molecule has 0 N–H and O–H groups in total. The lowest BCUT2D eigenvalue weighted by Gasteiger charge is -2.16. The second kappa shape index (κ2) is 18.1. The molecule has 0 fully saturated rings. The average Bonchev–Trinajstić information content (AvgIpc) is 3.08. The Kier molecular flexibility index (Phi) is 14.5. The topological polar surface area (TPSA) is 268 Å². The van der Waals surface area contributed by atoms with Gasteiger partial charge in [-0.3, -0.25) is 60.7 Å². The van der Waals surface area contributed by atoms with Crippen molar-refractivity contribution in [2.24, 2.45) is 0 Å². The molecule has 0 spiro atoms. The maximum atomic E-state index is 12.6. The number of hydrogen-bond donors (Lipinski definition) is 0. The van der Waals surface area contributed by atoms with Crippen LogP contribution in [0.15, 0.2) is 36.4 Å². The molecule has 0 saturated heterocycles. The van der Waals surface area contributed by atoms with Gasteiger partial charge in [0.2, 0.25) is 5.75 Å². The average molecular weight is 905 g/mol. The van der Waals surface area contributed by atoms with Crippen LogP contribution in [0.5, 0.6) is 5.75 Å². The molecule has 0 radical (unpaired) electrons. The minimum absolute atomic E-state index is 0.00393. The number of alkyl halides is 3. The maximum absolute atomic E-state index is 12.6. The fourth-order valence-corrected chi connectivity index (χ4v) is 6.51. The summed E-state index contributed by atoms with van der Waals surface area (Å²) < 4.78 is 42.3. The van der Waals surface area contributed by atoms with Crippen molar-refractivity contribution in [2.45, 2.75) is 32.9 Å². The Morgan fingerprint density at radius 3 is 1.16 bits per heavy atom. The van der Waals surface area contributed by atoms with Gasteiger partial charge in [0.1, 0.15) is 5.02 Å². The number of non-ortho nitro benzene ring substituents is 2. The van der Waals surface area contributed by atoms with Gasteiger partial charge in [0.25, 0.3) is 28.4 Å². The third-order valence-corrected chi connectivity index (χ3v) is 9.57. The van der Waals surface area contributed by atoms with Gasteiger partial charge in [0.05, 0.1) is 61.8 Å². The summed E-state index contributed by atoms with van der Waals surface area (Å²) in [6, 6.07) is 5.25. The van der Waals surface area contributed by atoms with E-state index in [4.69, 9.17) is 58.0 Å². The molecule has 302 valence electrons. The fourth-order valence-electron chi connectivity index (χ4n) is 5.06. The van der Waals surface area contributed by atoms with Gasteiger partial charge in [0, 0.05) is 53.8 Å². The van der Waals surface area contributed by atoms with Crippen molar-refractivity contribution >= 4 is 92.1 Å². The normalized spacial score (nSPS) is 11.0. The number of nitro groups is 6. The van der Waals surface area contributed by atoms with E-state index in [2.05, 4.69) is 4.74 Å². The van der Waals surface area contributed by atoms with Crippen molar-refractivity contribution in [3.8, 4) is 5.75 Å². The fraction of sp³-hybridized carbons (Fsp3) is 0.200. The Balaban J connectivity index is 0.000000310. The summed E-state index contributed by atoms with van der Waals surface area (Å²) in [6.45, 7) is 0.629. The number of halogens is 8. The minimum Gasteiger partial charge on any atom is -0.477 e. The molecule has 0 aromatic heterocycles. The van der Waals surface area contributed by atoms with E-state index in [-0.39, 0.29) is 70.6 Å². The minimum atomic E-state index is -4.83. The highest BCUT2D eigenvalue weighted by molar-refractivity contribution is 6.37. The van der Waals surface area contributed by atoms with Crippen LogP contribution in [-0.2, 0) is 12.8 Å². The Morgan fingerprint density at radius 1 is 0.509 bits per heavy atom. The number of nitrogens with zero attached hydrogens (tertiary/aromatic N) is 6. The van der Waals surface area contributed by atoms with Crippen LogP contribution in [0.4, 0.5) is 47.3 Å². The van der Waals surface area contributed by atoms with Crippen molar-refractivity contribution in [1.82, 2.24) is 0 Å². The molecule has 0 bridgehead atoms. The SMILES string of the molecule is Cc1c(Cc2c(Cl)cc([N+](=O)[O-])cc2Cl)c([N+](=O)[O-])cc([N+](=O)[O-])c1OCC(F)(F)F.Cc1c(Cl)c([N+](=O)[O-])cc([N+](=O)[O-])c1Cc1c(Cl)cc([N+](=O)[O-])cc1Cl. The Morgan fingerprint density at radius 2 is 0.842 bits per heavy atom. The van der Waals surface area contributed by atoms with Crippen LogP contribution in [0.25, 0.3) is 0 Å². The predicted octanol–water partition coefficient (Wildman–Crippen LogP) is 10.8. The van der Waals surface area contributed by atoms with E-state index in [1.54, 1.807) is 0 Å². The molecule has 4 rings (SSSR count). The van der Waals surface area contributed by atoms with Crippen LogP contribution in [-0.4, -0.2) is 42.3 Å². The van der Waals surface area contributed by atoms with E-state index >= 15 is 0 Å². The lowest BCUT2D eigenvalue weighted by Crippen LogP contribution is -2.20. The second-order valence-corrected chi connectivity index (χ2v) is 13.3. The van der Waals surface area contributed by atoms with Crippen LogP contribution < -0.4 is 4.74 Å². The molecule has 19 nitrogen and oxygen atoms in total. The van der Waals surface area contributed by atoms with E-state index < -0.39 is 82.9 Å². The van der Waals surface area contributed by atoms with E-state index in [9.17, 15) is 73.9 Å². The quantitative estimate of drug-likeness (QED) is 0.0946. The summed E-state index contributed by atoms with van der Waals surface area (Å²) in [6.07, 6.45) is -5.47. The van der Waals surface area contributed by atoms with Crippen LogP contribution in [0.3, 0.4) is 0 Å². The molecule has 0 saturated carbocycles. The first kappa shape index (κ1) is 45.7. The summed E-state index contributed by atoms with van der Waals surface area (Å²) in [4.78, 5) is 61.7. The van der Waals surface area contributed by atoms with Crippen molar-refractivity contribution in [1.29, 1.82) is 0 Å². The molecule has 0 aliphatic heterocycles. The first-order valence-corrected chi connectivity index (χ1v) is 16.7. The van der Waals surface area contributed by atoms with Crippen LogP contribution >= 0.6 is 58.0 Å². The summed E-state index contributed by atoms with van der Waals surface area (Å²) in [5.74, 6) is -0.808. The molecule has 0 unspecified atom stereocenters. The van der Waals surface area contributed by atoms with Crippen molar-refractivity contribution in [3.63, 3.8) is 0 Å². The van der Waals surface area contributed by atoms with Crippen LogP contribution in [0, 0.1) is 74.5 Å². The second-order valence-electron chi connectivity index (χ2n) is 11.3. The maximum Gasteiger partial charge on any atom is 0.422 e. The third kappa shape index (κ3) is 10.8. The largest absolute Gasteiger partial charge is 0.477 e. The molecule has 0 atom stereocenters. The lowest BCUT2D eigenvalue weighted by molar-refractivity contribution is -0.395. The van der Waals surface area contributed by atoms with E-state index in [0.29, 0.717) is 6.07 Å². The highest BCUT2D eigenvalue weighted by atomic mass is 35.5. The van der Waals surface area contributed by atoms with Gasteiger partial charge in [-0.15, -0.1) is 0 Å². The van der Waals surface area contributed by atoms with E-state index in [1.165, 1.54) is 6.92 Å². The number of ether oxygens (including phenoxy) is 1. The van der Waals surface area contributed by atoms with Gasteiger partial charge in [-0.2, -0.15) is 13.2 Å². The van der Waals surface area contributed by atoms with Crippen molar-refractivity contribution in [2.75, 3.05) is 6.61 Å². The van der Waals surface area contributed by atoms with E-state index in [1.807, 2.05) is 0 Å². The Hall–Kier alpha value is -5.68. The smallest absolute Gasteiger partial charge is 0.422 e. The monoisotopic (exact) mass is 902 g/mol. The van der Waals surface area contributed by atoms with Crippen molar-refractivity contribution in [3.05, 3.63) is 156 Å². The first-order chi connectivity index (χ1) is 26.3. The number of hydrogen-bond acceptors (Lipinski definition) is 13.